The van der Waals surface area contributed by atoms with Crippen LogP contribution in [0.3, 0.4) is 0 Å². The number of ether oxygens (including phenoxy) is 2. The Morgan fingerprint density at radius 1 is 1.25 bits per heavy atom. The Morgan fingerprint density at radius 3 is 2.81 bits per heavy atom. The lowest BCUT2D eigenvalue weighted by molar-refractivity contribution is 0.0209. The van der Waals surface area contributed by atoms with Crippen molar-refractivity contribution in [3.8, 4) is 5.75 Å². The summed E-state index contributed by atoms with van der Waals surface area (Å²) < 4.78 is 24.0. The molecule has 2 unspecified atom stereocenters. The van der Waals surface area contributed by atoms with E-state index in [1.54, 1.807) is 19.2 Å². The summed E-state index contributed by atoms with van der Waals surface area (Å²) in [4.78, 5) is 0. The molecule has 0 radical (unpaired) electrons. The van der Waals surface area contributed by atoms with Gasteiger partial charge in [-0.2, -0.15) is 0 Å². The molecule has 0 spiro atoms. The third kappa shape index (κ3) is 2.95. The van der Waals surface area contributed by atoms with Gasteiger partial charge in [0, 0.05) is 19.6 Å². The summed E-state index contributed by atoms with van der Waals surface area (Å²) in [5.41, 5.74) is 0. The molecule has 0 bridgehead atoms. The SMILES string of the molecule is COC1CCCC(Oc2cccc(F)c2)C1. The lowest BCUT2D eigenvalue weighted by atomic mass is 9.95. The summed E-state index contributed by atoms with van der Waals surface area (Å²) in [5, 5.41) is 0. The van der Waals surface area contributed by atoms with Gasteiger partial charge in [0.05, 0.1) is 6.10 Å². The molecule has 0 heterocycles. The van der Waals surface area contributed by atoms with Crippen LogP contribution in [0.15, 0.2) is 24.3 Å². The van der Waals surface area contributed by atoms with Gasteiger partial charge in [0.25, 0.3) is 0 Å². The predicted molar refractivity (Wildman–Crippen MR) is 60.1 cm³/mol. The molecule has 1 aliphatic carbocycles. The molecule has 2 nitrogen and oxygen atoms in total. The van der Waals surface area contributed by atoms with Crippen molar-refractivity contribution >= 4 is 0 Å². The maximum Gasteiger partial charge on any atom is 0.126 e. The van der Waals surface area contributed by atoms with E-state index in [-0.39, 0.29) is 18.0 Å². The second kappa shape index (κ2) is 5.30. The smallest absolute Gasteiger partial charge is 0.126 e. The van der Waals surface area contributed by atoms with Crippen molar-refractivity contribution < 1.29 is 13.9 Å². The normalized spacial score (nSPS) is 25.4. The first-order valence-electron chi connectivity index (χ1n) is 5.73. The minimum atomic E-state index is -0.253. The fourth-order valence-corrected chi connectivity index (χ4v) is 2.16. The molecule has 88 valence electrons. The first-order valence-corrected chi connectivity index (χ1v) is 5.73. The van der Waals surface area contributed by atoms with Gasteiger partial charge in [-0.15, -0.1) is 0 Å². The van der Waals surface area contributed by atoms with Crippen LogP contribution < -0.4 is 4.74 Å². The van der Waals surface area contributed by atoms with E-state index in [1.165, 1.54) is 12.1 Å². The van der Waals surface area contributed by atoms with E-state index in [9.17, 15) is 4.39 Å². The van der Waals surface area contributed by atoms with Gasteiger partial charge >= 0.3 is 0 Å². The third-order valence-electron chi connectivity index (χ3n) is 3.01. The molecule has 1 aromatic carbocycles. The zero-order chi connectivity index (χ0) is 11.4. The lowest BCUT2D eigenvalue weighted by Gasteiger charge is -2.28. The quantitative estimate of drug-likeness (QED) is 0.785. The number of benzene rings is 1. The maximum absolute atomic E-state index is 13.0. The van der Waals surface area contributed by atoms with Crippen LogP contribution in [-0.2, 0) is 4.74 Å². The van der Waals surface area contributed by atoms with E-state index in [1.807, 2.05) is 0 Å². The first-order chi connectivity index (χ1) is 7.78. The largest absolute Gasteiger partial charge is 0.490 e. The minimum Gasteiger partial charge on any atom is -0.490 e. The van der Waals surface area contributed by atoms with Crippen molar-refractivity contribution in [3.63, 3.8) is 0 Å². The van der Waals surface area contributed by atoms with Crippen molar-refractivity contribution in [2.24, 2.45) is 0 Å². The van der Waals surface area contributed by atoms with Crippen LogP contribution in [0.5, 0.6) is 5.75 Å². The lowest BCUT2D eigenvalue weighted by Crippen LogP contribution is -2.29. The fourth-order valence-electron chi connectivity index (χ4n) is 2.16. The fraction of sp³-hybridized carbons (Fsp3) is 0.538. The maximum atomic E-state index is 13.0. The molecule has 16 heavy (non-hydrogen) atoms. The number of methoxy groups -OCH3 is 1. The average molecular weight is 224 g/mol. The molecular weight excluding hydrogens is 207 g/mol. The summed E-state index contributed by atoms with van der Waals surface area (Å²) >= 11 is 0. The number of halogens is 1. The van der Waals surface area contributed by atoms with Crippen molar-refractivity contribution in [2.45, 2.75) is 37.9 Å². The van der Waals surface area contributed by atoms with Gasteiger partial charge in [-0.3, -0.25) is 0 Å². The van der Waals surface area contributed by atoms with Crippen LogP contribution >= 0.6 is 0 Å². The van der Waals surface area contributed by atoms with Gasteiger partial charge in [-0.05, 0) is 31.4 Å². The van der Waals surface area contributed by atoms with Crippen LogP contribution in [0.4, 0.5) is 4.39 Å². The molecule has 1 aromatic rings. The standard InChI is InChI=1S/C13H17FO2/c1-15-11-5-3-7-13(9-11)16-12-6-2-4-10(14)8-12/h2,4,6,8,11,13H,3,5,7,9H2,1H3. The molecule has 1 saturated carbocycles. The van der Waals surface area contributed by atoms with Crippen LogP contribution in [0, 0.1) is 5.82 Å². The van der Waals surface area contributed by atoms with Gasteiger partial charge in [-0.25, -0.2) is 4.39 Å². The van der Waals surface area contributed by atoms with Crippen LogP contribution in [0.2, 0.25) is 0 Å². The van der Waals surface area contributed by atoms with E-state index in [2.05, 4.69) is 0 Å². The van der Waals surface area contributed by atoms with Crippen LogP contribution in [-0.4, -0.2) is 19.3 Å². The van der Waals surface area contributed by atoms with Crippen molar-refractivity contribution in [1.82, 2.24) is 0 Å². The van der Waals surface area contributed by atoms with Crippen LogP contribution in [0.25, 0.3) is 0 Å². The Hall–Kier alpha value is -1.09. The van der Waals surface area contributed by atoms with Crippen molar-refractivity contribution in [1.29, 1.82) is 0 Å². The molecule has 0 aliphatic heterocycles. The first kappa shape index (κ1) is 11.4. The van der Waals surface area contributed by atoms with Crippen molar-refractivity contribution in [2.75, 3.05) is 7.11 Å². The Morgan fingerprint density at radius 2 is 2.06 bits per heavy atom. The highest BCUT2D eigenvalue weighted by molar-refractivity contribution is 5.22. The zero-order valence-corrected chi connectivity index (χ0v) is 9.49. The van der Waals surface area contributed by atoms with E-state index >= 15 is 0 Å². The molecule has 0 aromatic heterocycles. The second-order valence-corrected chi connectivity index (χ2v) is 4.22. The summed E-state index contributed by atoms with van der Waals surface area (Å²) in [5.74, 6) is 0.360. The highest BCUT2D eigenvalue weighted by Crippen LogP contribution is 2.25. The molecule has 3 heteroatoms. The highest BCUT2D eigenvalue weighted by atomic mass is 19.1. The Kier molecular flexibility index (Phi) is 3.78. The van der Waals surface area contributed by atoms with E-state index in [4.69, 9.17) is 9.47 Å². The topological polar surface area (TPSA) is 18.5 Å². The van der Waals surface area contributed by atoms with Gasteiger partial charge in [0.2, 0.25) is 0 Å². The second-order valence-electron chi connectivity index (χ2n) is 4.22. The Labute approximate surface area is 95.4 Å². The predicted octanol–water partition coefficient (Wildman–Crippen LogP) is 3.16. The average Bonchev–Trinajstić information content (AvgIpc) is 2.29. The number of hydrogen-bond donors (Lipinski definition) is 0. The molecule has 1 fully saturated rings. The summed E-state index contributed by atoms with van der Waals surface area (Å²) in [6.07, 6.45) is 4.56. The number of rotatable bonds is 3. The van der Waals surface area contributed by atoms with Crippen LogP contribution in [0.1, 0.15) is 25.7 Å². The molecule has 0 saturated heterocycles. The van der Waals surface area contributed by atoms with Crippen molar-refractivity contribution in [3.05, 3.63) is 30.1 Å². The molecule has 2 atom stereocenters. The third-order valence-corrected chi connectivity index (χ3v) is 3.01. The summed E-state index contributed by atoms with van der Waals surface area (Å²) in [6, 6.07) is 6.31. The van der Waals surface area contributed by atoms with Gasteiger partial charge < -0.3 is 9.47 Å². The molecule has 1 aliphatic rings. The Balaban J connectivity index is 1.94. The molecule has 2 rings (SSSR count). The monoisotopic (exact) mass is 224 g/mol. The van der Waals surface area contributed by atoms with E-state index < -0.39 is 0 Å². The number of hydrogen-bond acceptors (Lipinski definition) is 2. The van der Waals surface area contributed by atoms with Gasteiger partial charge in [0.15, 0.2) is 0 Å². The minimum absolute atomic E-state index is 0.153. The van der Waals surface area contributed by atoms with E-state index in [0.717, 1.165) is 25.7 Å². The highest BCUT2D eigenvalue weighted by Gasteiger charge is 2.22. The van der Waals surface area contributed by atoms with Gasteiger partial charge in [0.1, 0.15) is 17.7 Å². The molecule has 0 N–H and O–H groups in total. The zero-order valence-electron chi connectivity index (χ0n) is 9.49. The molecule has 0 amide bonds. The molecular formula is C13H17FO2. The summed E-state index contributed by atoms with van der Waals surface area (Å²) in [6.45, 7) is 0. The Bertz CT molecular complexity index is 340. The van der Waals surface area contributed by atoms with Gasteiger partial charge in [-0.1, -0.05) is 6.07 Å². The summed E-state index contributed by atoms with van der Waals surface area (Å²) in [7, 11) is 1.73. The van der Waals surface area contributed by atoms with E-state index in [0.29, 0.717) is 5.75 Å².